The van der Waals surface area contributed by atoms with Crippen LogP contribution in [-0.4, -0.2) is 6.08 Å². The van der Waals surface area contributed by atoms with E-state index >= 15 is 0 Å². The molecule has 4 heteroatoms. The molecule has 2 aromatic carbocycles. The van der Waals surface area contributed by atoms with E-state index in [0.29, 0.717) is 16.8 Å². The van der Waals surface area contributed by atoms with E-state index in [4.69, 9.17) is 4.42 Å². The minimum absolute atomic E-state index is 0.395. The molecule has 96 valence electrons. The Bertz CT molecular complexity index is 875. The molecule has 0 atom stereocenters. The smallest absolute Gasteiger partial charge is 0.344 e. The Labute approximate surface area is 114 Å². The SMILES string of the molecule is O=C=Nc1ccc2cc(-c3ccccc3)c(=O)oc2c1. The van der Waals surface area contributed by atoms with Crippen LogP contribution in [0.1, 0.15) is 0 Å². The first-order valence-electron chi connectivity index (χ1n) is 5.99. The normalized spacial score (nSPS) is 10.2. The van der Waals surface area contributed by atoms with Gasteiger partial charge >= 0.3 is 5.63 Å². The van der Waals surface area contributed by atoms with Gasteiger partial charge in [0.2, 0.25) is 6.08 Å². The average molecular weight is 263 g/mol. The van der Waals surface area contributed by atoms with Crippen molar-refractivity contribution in [3.8, 4) is 11.1 Å². The van der Waals surface area contributed by atoms with Gasteiger partial charge in [0.15, 0.2) is 0 Å². The highest BCUT2D eigenvalue weighted by atomic mass is 16.4. The Hall–Kier alpha value is -2.97. The van der Waals surface area contributed by atoms with Gasteiger partial charge in [-0.15, -0.1) is 0 Å². The summed E-state index contributed by atoms with van der Waals surface area (Å²) in [4.78, 5) is 25.8. The molecule has 1 aromatic heterocycles. The lowest BCUT2D eigenvalue weighted by molar-refractivity contribution is 0.563. The first kappa shape index (κ1) is 12.1. The van der Waals surface area contributed by atoms with Crippen LogP contribution in [-0.2, 0) is 4.79 Å². The van der Waals surface area contributed by atoms with E-state index in [1.807, 2.05) is 30.3 Å². The summed E-state index contributed by atoms with van der Waals surface area (Å²) in [6, 6.07) is 16.0. The third-order valence-corrected chi connectivity index (χ3v) is 2.98. The van der Waals surface area contributed by atoms with E-state index in [1.165, 1.54) is 12.1 Å². The molecule has 4 nitrogen and oxygen atoms in total. The maximum atomic E-state index is 12.0. The fraction of sp³-hybridized carbons (Fsp3) is 0. The first-order chi connectivity index (χ1) is 9.78. The minimum atomic E-state index is -0.420. The van der Waals surface area contributed by atoms with Crippen LogP contribution in [0.3, 0.4) is 0 Å². The molecule has 0 saturated heterocycles. The Kier molecular flexibility index (Phi) is 2.99. The maximum absolute atomic E-state index is 12.0. The summed E-state index contributed by atoms with van der Waals surface area (Å²) in [6.07, 6.45) is 1.46. The first-order valence-corrected chi connectivity index (χ1v) is 5.99. The predicted octanol–water partition coefficient (Wildman–Crippen LogP) is 3.43. The Balaban J connectivity index is 2.23. The van der Waals surface area contributed by atoms with E-state index in [2.05, 4.69) is 4.99 Å². The van der Waals surface area contributed by atoms with Crippen molar-refractivity contribution in [1.82, 2.24) is 0 Å². The second-order valence-electron chi connectivity index (χ2n) is 4.24. The van der Waals surface area contributed by atoms with Crippen molar-refractivity contribution in [3.05, 3.63) is 65.0 Å². The molecular formula is C16H9NO3. The molecule has 0 aliphatic heterocycles. The molecule has 3 aromatic rings. The fourth-order valence-corrected chi connectivity index (χ4v) is 2.04. The van der Waals surface area contributed by atoms with E-state index in [0.717, 1.165) is 10.9 Å². The van der Waals surface area contributed by atoms with Crippen LogP contribution in [0.5, 0.6) is 0 Å². The Morgan fingerprint density at radius 3 is 2.55 bits per heavy atom. The van der Waals surface area contributed by atoms with Gasteiger partial charge in [-0.25, -0.2) is 9.59 Å². The van der Waals surface area contributed by atoms with Crippen LogP contribution in [0.15, 0.2) is 68.8 Å². The number of isocyanates is 1. The summed E-state index contributed by atoms with van der Waals surface area (Å²) < 4.78 is 5.29. The highest BCUT2D eigenvalue weighted by Gasteiger charge is 2.07. The molecule has 1 heterocycles. The molecule has 0 bridgehead atoms. The summed E-state index contributed by atoms with van der Waals surface area (Å²) in [5.41, 5.74) is 1.69. The standard InChI is InChI=1S/C16H9NO3/c18-10-17-13-7-6-12-8-14(11-4-2-1-3-5-11)16(19)20-15(12)9-13/h1-9H. The largest absolute Gasteiger partial charge is 0.422 e. The highest BCUT2D eigenvalue weighted by molar-refractivity contribution is 5.84. The summed E-state index contributed by atoms with van der Waals surface area (Å²) in [7, 11) is 0. The fourth-order valence-electron chi connectivity index (χ4n) is 2.04. The molecule has 0 fully saturated rings. The molecule has 0 aliphatic rings. The molecule has 0 N–H and O–H groups in total. The number of rotatable bonds is 2. The lowest BCUT2D eigenvalue weighted by atomic mass is 10.1. The van der Waals surface area contributed by atoms with Gasteiger partial charge in [0.1, 0.15) is 5.58 Å². The Morgan fingerprint density at radius 1 is 1.00 bits per heavy atom. The van der Waals surface area contributed by atoms with Gasteiger partial charge in [-0.3, -0.25) is 0 Å². The van der Waals surface area contributed by atoms with Gasteiger partial charge in [0, 0.05) is 11.5 Å². The summed E-state index contributed by atoms with van der Waals surface area (Å²) in [6.45, 7) is 0. The quantitative estimate of drug-likeness (QED) is 0.404. The van der Waals surface area contributed by atoms with Gasteiger partial charge in [-0.2, -0.15) is 4.99 Å². The number of hydrogen-bond acceptors (Lipinski definition) is 4. The van der Waals surface area contributed by atoms with Crippen molar-refractivity contribution >= 4 is 22.7 Å². The third-order valence-electron chi connectivity index (χ3n) is 2.98. The van der Waals surface area contributed by atoms with Crippen molar-refractivity contribution in [2.45, 2.75) is 0 Å². The zero-order valence-corrected chi connectivity index (χ0v) is 10.4. The minimum Gasteiger partial charge on any atom is -0.422 e. The van der Waals surface area contributed by atoms with Crippen LogP contribution >= 0.6 is 0 Å². The monoisotopic (exact) mass is 263 g/mol. The third kappa shape index (κ3) is 2.16. The van der Waals surface area contributed by atoms with Gasteiger partial charge in [0.25, 0.3) is 0 Å². The van der Waals surface area contributed by atoms with Crippen LogP contribution in [0.2, 0.25) is 0 Å². The molecule has 3 rings (SSSR count). The van der Waals surface area contributed by atoms with Crippen molar-refractivity contribution in [2.24, 2.45) is 4.99 Å². The second kappa shape index (κ2) is 4.96. The summed E-state index contributed by atoms with van der Waals surface area (Å²) in [5.74, 6) is 0. The van der Waals surface area contributed by atoms with Crippen LogP contribution in [0, 0.1) is 0 Å². The molecule has 0 amide bonds. The van der Waals surface area contributed by atoms with Crippen molar-refractivity contribution in [3.63, 3.8) is 0 Å². The van der Waals surface area contributed by atoms with Crippen LogP contribution in [0.25, 0.3) is 22.1 Å². The number of hydrogen-bond donors (Lipinski definition) is 0. The molecule has 0 spiro atoms. The Morgan fingerprint density at radius 2 is 1.80 bits per heavy atom. The maximum Gasteiger partial charge on any atom is 0.344 e. The predicted molar refractivity (Wildman–Crippen MR) is 75.7 cm³/mol. The summed E-state index contributed by atoms with van der Waals surface area (Å²) in [5, 5.41) is 0.772. The van der Waals surface area contributed by atoms with Gasteiger partial charge in [0.05, 0.1) is 11.3 Å². The molecule has 0 aliphatic carbocycles. The van der Waals surface area contributed by atoms with Crippen molar-refractivity contribution in [1.29, 1.82) is 0 Å². The number of carbonyl (C=O) groups excluding carboxylic acids is 1. The number of nitrogens with zero attached hydrogens (tertiary/aromatic N) is 1. The van der Waals surface area contributed by atoms with Gasteiger partial charge in [-0.1, -0.05) is 30.3 Å². The van der Waals surface area contributed by atoms with Crippen LogP contribution in [0.4, 0.5) is 5.69 Å². The van der Waals surface area contributed by atoms with Crippen molar-refractivity contribution < 1.29 is 9.21 Å². The van der Waals surface area contributed by atoms with E-state index < -0.39 is 5.63 Å². The van der Waals surface area contributed by atoms with Crippen molar-refractivity contribution in [2.75, 3.05) is 0 Å². The lowest BCUT2D eigenvalue weighted by Crippen LogP contribution is -2.02. The number of benzene rings is 2. The number of aliphatic imine (C=N–C) groups is 1. The van der Waals surface area contributed by atoms with E-state index in [1.54, 1.807) is 18.2 Å². The van der Waals surface area contributed by atoms with Crippen LogP contribution < -0.4 is 5.63 Å². The highest BCUT2D eigenvalue weighted by Crippen LogP contribution is 2.24. The second-order valence-corrected chi connectivity index (χ2v) is 4.24. The van der Waals surface area contributed by atoms with E-state index in [9.17, 15) is 9.59 Å². The zero-order valence-electron chi connectivity index (χ0n) is 10.4. The summed E-state index contributed by atoms with van der Waals surface area (Å²) >= 11 is 0. The number of fused-ring (bicyclic) bond motifs is 1. The topological polar surface area (TPSA) is 59.6 Å². The molecule has 0 saturated carbocycles. The van der Waals surface area contributed by atoms with Gasteiger partial charge < -0.3 is 4.42 Å². The van der Waals surface area contributed by atoms with Gasteiger partial charge in [-0.05, 0) is 23.8 Å². The lowest BCUT2D eigenvalue weighted by Gasteiger charge is -2.02. The zero-order chi connectivity index (χ0) is 13.9. The average Bonchev–Trinajstić information content (AvgIpc) is 2.48. The molecule has 0 radical (unpaired) electrons. The van der Waals surface area contributed by atoms with E-state index in [-0.39, 0.29) is 0 Å². The molecule has 20 heavy (non-hydrogen) atoms. The molecule has 0 unspecified atom stereocenters. The molecular weight excluding hydrogens is 254 g/mol.